The maximum atomic E-state index is 5.68. The van der Waals surface area contributed by atoms with Crippen LogP contribution in [0.2, 0.25) is 0 Å². The van der Waals surface area contributed by atoms with Crippen LogP contribution in [-0.4, -0.2) is 2.43 Å². The Balaban J connectivity index is 2.63. The van der Waals surface area contributed by atoms with Crippen LogP contribution in [0.5, 0.6) is 0 Å². The molecule has 2 N–H and O–H groups in total. The molecule has 0 amide bonds. The van der Waals surface area contributed by atoms with E-state index in [4.69, 9.17) is 5.73 Å². The van der Waals surface area contributed by atoms with Crippen LogP contribution in [-0.2, 0) is 0 Å². The fourth-order valence-corrected chi connectivity index (χ4v) is 8.50. The minimum atomic E-state index is 0.233. The molecule has 0 aromatic rings. The molecule has 1 aliphatic heterocycles. The molecule has 0 radical (unpaired) electrons. The Morgan fingerprint density at radius 3 is 3.00 bits per heavy atom. The van der Waals surface area contributed by atoms with E-state index in [1.54, 1.807) is 3.58 Å². The van der Waals surface area contributed by atoms with E-state index in [1.807, 2.05) is 0 Å². The van der Waals surface area contributed by atoms with Gasteiger partial charge in [-0.25, -0.2) is 0 Å². The van der Waals surface area contributed by atoms with Crippen molar-refractivity contribution < 1.29 is 42.4 Å². The summed E-state index contributed by atoms with van der Waals surface area (Å²) in [4.78, 5) is 0. The molecule has 0 spiro atoms. The number of rotatable bonds is 0. The Hall–Kier alpha value is 0.740. The molecule has 0 aromatic carbocycles. The predicted octanol–water partition coefficient (Wildman–Crippen LogP) is -5.16. The minimum absolute atomic E-state index is 0.233. The molecular formula is C6H9I2N-2. The van der Waals surface area contributed by atoms with Gasteiger partial charge in [-0.15, -0.1) is 0 Å². The molecule has 0 aromatic heterocycles. The van der Waals surface area contributed by atoms with Gasteiger partial charge in [-0.2, -0.15) is 0 Å². The summed E-state index contributed by atoms with van der Waals surface area (Å²) in [6, 6.07) is 0. The summed E-state index contributed by atoms with van der Waals surface area (Å²) in [6.45, 7) is 2.21. The average Bonchev–Trinajstić information content (AvgIpc) is 1.97. The molecule has 0 atom stereocenters. The van der Waals surface area contributed by atoms with Crippen molar-refractivity contribution in [2.45, 2.75) is 6.92 Å². The molecule has 1 rings (SSSR count). The predicted molar refractivity (Wildman–Crippen MR) is 30.9 cm³/mol. The molecule has 0 saturated carbocycles. The van der Waals surface area contributed by atoms with Gasteiger partial charge in [0.1, 0.15) is 0 Å². The number of hydrogen-bond acceptors (Lipinski definition) is 1. The van der Waals surface area contributed by atoms with Crippen LogP contribution in [0.15, 0.2) is 19.4 Å². The van der Waals surface area contributed by atoms with Gasteiger partial charge in [0, 0.05) is 0 Å². The van der Waals surface area contributed by atoms with Crippen molar-refractivity contribution in [2.24, 2.45) is 5.73 Å². The Morgan fingerprint density at radius 1 is 1.44 bits per heavy atom. The van der Waals surface area contributed by atoms with Crippen molar-refractivity contribution in [1.82, 2.24) is 0 Å². The summed E-state index contributed by atoms with van der Waals surface area (Å²) in [7, 11) is 0. The fourth-order valence-electron chi connectivity index (χ4n) is 0.447. The first-order valence-electron chi connectivity index (χ1n) is 2.61. The third kappa shape index (κ3) is 2.88. The van der Waals surface area contributed by atoms with E-state index in [9.17, 15) is 0 Å². The summed E-state index contributed by atoms with van der Waals surface area (Å²) in [6.07, 6.45) is 4.28. The van der Waals surface area contributed by atoms with E-state index in [-0.39, 0.29) is 21.2 Å². The van der Waals surface area contributed by atoms with Gasteiger partial charge >= 0.3 is 76.9 Å². The van der Waals surface area contributed by atoms with Crippen LogP contribution in [0.3, 0.4) is 0 Å². The zero-order chi connectivity index (χ0) is 6.69. The van der Waals surface area contributed by atoms with E-state index >= 15 is 0 Å². The molecule has 0 bridgehead atoms. The van der Waals surface area contributed by atoms with Gasteiger partial charge in [0.25, 0.3) is 0 Å². The van der Waals surface area contributed by atoms with E-state index in [0.29, 0.717) is 21.2 Å². The molecule has 3 heteroatoms. The first kappa shape index (κ1) is 7.84. The van der Waals surface area contributed by atoms with Crippen LogP contribution < -0.4 is 48.1 Å². The van der Waals surface area contributed by atoms with Crippen molar-refractivity contribution in [3.05, 3.63) is 19.4 Å². The Morgan fingerprint density at radius 2 is 2.22 bits per heavy atom. The number of halogens is 2. The third-order valence-corrected chi connectivity index (χ3v) is 8.19. The van der Waals surface area contributed by atoms with Crippen molar-refractivity contribution >= 4 is 0 Å². The fraction of sp³-hybridized carbons (Fsp3) is 0.333. The van der Waals surface area contributed by atoms with Crippen LogP contribution in [0, 0.1) is 0 Å². The van der Waals surface area contributed by atoms with E-state index in [2.05, 4.69) is 19.1 Å². The molecule has 0 unspecified atom stereocenters. The van der Waals surface area contributed by atoms with Gasteiger partial charge in [-0.1, -0.05) is 0 Å². The summed E-state index contributed by atoms with van der Waals surface area (Å²) in [5, 5.41) is 0. The number of alkyl halides is 2. The summed E-state index contributed by atoms with van der Waals surface area (Å²) >= 11 is 0.608. The second-order valence-electron chi connectivity index (χ2n) is 1.67. The molecule has 0 saturated heterocycles. The monoisotopic (exact) mass is 349 g/mol. The summed E-state index contributed by atoms with van der Waals surface area (Å²) < 4.78 is 4.17. The second kappa shape index (κ2) is 3.80. The molecular weight excluding hydrogens is 340 g/mol. The third-order valence-electron chi connectivity index (χ3n) is 0.938. The van der Waals surface area contributed by atoms with Crippen molar-refractivity contribution in [1.29, 1.82) is 0 Å². The quantitative estimate of drug-likeness (QED) is 0.264. The molecule has 0 fully saturated rings. The Kier molecular flexibility index (Phi) is 3.31. The van der Waals surface area contributed by atoms with E-state index in [0.717, 1.165) is 3.70 Å². The van der Waals surface area contributed by atoms with Crippen molar-refractivity contribution in [3.63, 3.8) is 0 Å². The van der Waals surface area contributed by atoms with Crippen LogP contribution in [0.25, 0.3) is 0 Å². The van der Waals surface area contributed by atoms with Crippen LogP contribution in [0.4, 0.5) is 0 Å². The van der Waals surface area contributed by atoms with Crippen LogP contribution >= 0.6 is 0 Å². The van der Waals surface area contributed by atoms with E-state index in [1.165, 1.54) is 2.43 Å². The van der Waals surface area contributed by atoms with Crippen LogP contribution in [0.1, 0.15) is 6.92 Å². The summed E-state index contributed by atoms with van der Waals surface area (Å²) in [5.74, 6) is 0. The molecule has 1 heterocycles. The number of nitrogens with two attached hydrogens (primary N) is 1. The first-order valence-corrected chi connectivity index (χ1v) is 7.82. The zero-order valence-electron chi connectivity index (χ0n) is 5.20. The normalized spacial score (nSPS) is 21.9. The topological polar surface area (TPSA) is 26.0 Å². The van der Waals surface area contributed by atoms with Gasteiger partial charge < -0.3 is 0 Å². The van der Waals surface area contributed by atoms with E-state index < -0.39 is 0 Å². The average molecular weight is 349 g/mol. The van der Waals surface area contributed by atoms with Crippen molar-refractivity contribution in [3.8, 4) is 0 Å². The molecule has 54 valence electrons. The van der Waals surface area contributed by atoms with Crippen molar-refractivity contribution in [2.75, 3.05) is 2.43 Å². The van der Waals surface area contributed by atoms with Gasteiger partial charge in [0.2, 0.25) is 0 Å². The molecule has 9 heavy (non-hydrogen) atoms. The van der Waals surface area contributed by atoms with Gasteiger partial charge in [-0.05, 0) is 0 Å². The SMILES string of the molecule is CC1=CC=C(N)[I-]C[I-]1. The first-order chi connectivity index (χ1) is 4.29. The number of allylic oxidation sites excluding steroid dienone is 3. The van der Waals surface area contributed by atoms with Gasteiger partial charge in [-0.3, -0.25) is 0 Å². The Labute approximate surface area is 76.3 Å². The Bertz CT molecular complexity index is 142. The number of hydrogen-bond donors (Lipinski definition) is 1. The van der Waals surface area contributed by atoms with Gasteiger partial charge in [0.05, 0.1) is 0 Å². The molecule has 1 nitrogen and oxygen atoms in total. The zero-order valence-corrected chi connectivity index (χ0v) is 9.51. The second-order valence-corrected chi connectivity index (χ2v) is 10.6. The molecule has 0 aliphatic carbocycles. The standard InChI is InChI=1S/C6H9I2N/c1-5-2-3-6(9)8-4-7-5/h2-3H,4,9H2,1H3/q-2. The maximum absolute atomic E-state index is 5.68. The molecule has 1 aliphatic rings. The van der Waals surface area contributed by atoms with Gasteiger partial charge in [0.15, 0.2) is 0 Å². The summed E-state index contributed by atoms with van der Waals surface area (Å²) in [5.41, 5.74) is 5.68.